The zero-order valence-electron chi connectivity index (χ0n) is 7.34. The molecular weight excluding hydrogens is 271 g/mol. The second-order valence-corrected chi connectivity index (χ2v) is 5.59. The Morgan fingerprint density at radius 2 is 2.00 bits per heavy atom. The summed E-state index contributed by atoms with van der Waals surface area (Å²) in [6.45, 7) is 1.31. The third-order valence-corrected chi connectivity index (χ3v) is 3.05. The topological polar surface area (TPSA) is 47.0 Å². The lowest BCUT2D eigenvalue weighted by molar-refractivity contribution is 0.146. The van der Waals surface area contributed by atoms with Gasteiger partial charge in [-0.3, -0.25) is 0 Å². The first kappa shape index (κ1) is 12.6. The van der Waals surface area contributed by atoms with Crippen LogP contribution in [0.15, 0.2) is 11.1 Å². The van der Waals surface area contributed by atoms with Gasteiger partial charge in [0.2, 0.25) is 0 Å². The fourth-order valence-electron chi connectivity index (χ4n) is 1.07. The highest BCUT2D eigenvalue weighted by Crippen LogP contribution is 2.31. The van der Waals surface area contributed by atoms with Crippen molar-refractivity contribution in [1.29, 1.82) is 0 Å². The van der Waals surface area contributed by atoms with Crippen molar-refractivity contribution in [1.82, 2.24) is 4.98 Å². The number of pyridine rings is 1. The maximum absolute atomic E-state index is 12.5. The van der Waals surface area contributed by atoms with Crippen molar-refractivity contribution in [2.45, 2.75) is 18.4 Å². The summed E-state index contributed by atoms with van der Waals surface area (Å²) in [4.78, 5) is 3.29. The van der Waals surface area contributed by atoms with E-state index in [9.17, 15) is 17.2 Å². The van der Waals surface area contributed by atoms with E-state index in [-0.39, 0.29) is 10.7 Å². The van der Waals surface area contributed by atoms with E-state index in [1.807, 2.05) is 0 Å². The molecule has 0 saturated heterocycles. The van der Waals surface area contributed by atoms with E-state index in [0.717, 1.165) is 6.07 Å². The van der Waals surface area contributed by atoms with Crippen LogP contribution in [-0.2, 0) is 9.05 Å². The van der Waals surface area contributed by atoms with Gasteiger partial charge in [0, 0.05) is 10.7 Å². The van der Waals surface area contributed by atoms with E-state index in [2.05, 4.69) is 4.98 Å². The molecule has 1 rings (SSSR count). The van der Waals surface area contributed by atoms with Gasteiger partial charge in [-0.2, -0.15) is 0 Å². The van der Waals surface area contributed by atoms with Crippen molar-refractivity contribution in [3.05, 3.63) is 22.3 Å². The van der Waals surface area contributed by atoms with Gasteiger partial charge in [0.1, 0.15) is 5.15 Å². The number of hydrogen-bond donors (Lipinski definition) is 0. The number of halogens is 4. The second-order valence-electron chi connectivity index (χ2n) is 2.72. The Hall–Kier alpha value is -0.460. The van der Waals surface area contributed by atoms with E-state index in [1.54, 1.807) is 0 Å². The van der Waals surface area contributed by atoms with Crippen molar-refractivity contribution < 1.29 is 17.2 Å². The average Bonchev–Trinajstić information content (AvgIpc) is 1.99. The molecule has 84 valence electrons. The number of nitrogens with zero attached hydrogens (tertiary/aromatic N) is 1. The number of alkyl halides is 2. The van der Waals surface area contributed by atoms with Crippen molar-refractivity contribution in [2.75, 3.05) is 0 Å². The van der Waals surface area contributed by atoms with Crippen molar-refractivity contribution >= 4 is 31.3 Å². The minimum Gasteiger partial charge on any atom is -0.223 e. The normalized spacial score (nSPS) is 12.1. The van der Waals surface area contributed by atoms with Crippen LogP contribution in [0.3, 0.4) is 0 Å². The van der Waals surface area contributed by atoms with Crippen LogP contribution >= 0.6 is 22.3 Å². The van der Waals surface area contributed by atoms with Crippen LogP contribution in [-0.4, -0.2) is 13.4 Å². The Morgan fingerprint density at radius 3 is 2.40 bits per heavy atom. The maximum atomic E-state index is 12.5. The Kier molecular flexibility index (Phi) is 3.52. The second kappa shape index (κ2) is 4.19. The highest BCUT2D eigenvalue weighted by molar-refractivity contribution is 8.13. The standard InChI is InChI=1S/C7H5Cl2F2NO2S/c1-3-2-4(8)12-7(15(9,13)14)5(3)6(10)11/h2,6H,1H3. The van der Waals surface area contributed by atoms with Crippen LogP contribution in [0, 0.1) is 6.92 Å². The molecule has 1 aromatic heterocycles. The summed E-state index contributed by atoms with van der Waals surface area (Å²) in [6.07, 6.45) is -2.97. The van der Waals surface area contributed by atoms with Crippen LogP contribution < -0.4 is 0 Å². The lowest BCUT2D eigenvalue weighted by atomic mass is 10.2. The van der Waals surface area contributed by atoms with Gasteiger partial charge in [-0.15, -0.1) is 0 Å². The predicted octanol–water partition coefficient (Wildman–Crippen LogP) is 2.91. The molecule has 0 unspecified atom stereocenters. The van der Waals surface area contributed by atoms with Crippen LogP contribution in [0.4, 0.5) is 8.78 Å². The predicted molar refractivity (Wildman–Crippen MR) is 52.0 cm³/mol. The average molecular weight is 276 g/mol. The van der Waals surface area contributed by atoms with Crippen LogP contribution in [0.1, 0.15) is 17.6 Å². The molecule has 0 spiro atoms. The summed E-state index contributed by atoms with van der Waals surface area (Å²) in [5.74, 6) is 0. The van der Waals surface area contributed by atoms with Crippen molar-refractivity contribution in [3.63, 3.8) is 0 Å². The molecule has 0 N–H and O–H groups in total. The van der Waals surface area contributed by atoms with Gasteiger partial charge in [0.15, 0.2) is 5.03 Å². The molecule has 0 aliphatic rings. The molecule has 8 heteroatoms. The van der Waals surface area contributed by atoms with Crippen molar-refractivity contribution in [3.8, 4) is 0 Å². The molecule has 1 aromatic rings. The largest absolute Gasteiger partial charge is 0.279 e. The highest BCUT2D eigenvalue weighted by Gasteiger charge is 2.26. The smallest absolute Gasteiger partial charge is 0.223 e. The summed E-state index contributed by atoms with van der Waals surface area (Å²) < 4.78 is 47.0. The fraction of sp³-hybridized carbons (Fsp3) is 0.286. The van der Waals surface area contributed by atoms with Gasteiger partial charge in [0.25, 0.3) is 15.5 Å². The SMILES string of the molecule is Cc1cc(Cl)nc(S(=O)(=O)Cl)c1C(F)F. The maximum Gasteiger partial charge on any atom is 0.279 e. The number of hydrogen-bond acceptors (Lipinski definition) is 3. The molecule has 1 heterocycles. The summed E-state index contributed by atoms with van der Waals surface area (Å²) in [5, 5.41) is -1.08. The molecule has 0 atom stereocenters. The Balaban J connectivity index is 3.62. The van der Waals surface area contributed by atoms with E-state index in [4.69, 9.17) is 22.3 Å². The molecule has 0 amide bonds. The minimum absolute atomic E-state index is 0.0317. The minimum atomic E-state index is -4.33. The van der Waals surface area contributed by atoms with Crippen LogP contribution in [0.25, 0.3) is 0 Å². The fourth-order valence-corrected chi connectivity index (χ4v) is 2.44. The molecule has 0 saturated carbocycles. The zero-order valence-corrected chi connectivity index (χ0v) is 9.67. The lowest BCUT2D eigenvalue weighted by Crippen LogP contribution is -2.05. The summed E-state index contributed by atoms with van der Waals surface area (Å²) in [6, 6.07) is 1.15. The van der Waals surface area contributed by atoms with Gasteiger partial charge in [0.05, 0.1) is 5.56 Å². The quantitative estimate of drug-likeness (QED) is 0.616. The summed E-state index contributed by atoms with van der Waals surface area (Å²) >= 11 is 5.45. The molecule has 0 radical (unpaired) electrons. The number of aromatic nitrogens is 1. The van der Waals surface area contributed by atoms with E-state index >= 15 is 0 Å². The molecule has 15 heavy (non-hydrogen) atoms. The van der Waals surface area contributed by atoms with E-state index in [1.165, 1.54) is 6.92 Å². The lowest BCUT2D eigenvalue weighted by Gasteiger charge is -2.08. The zero-order chi connectivity index (χ0) is 11.8. The third kappa shape index (κ3) is 2.76. The van der Waals surface area contributed by atoms with Crippen LogP contribution in [0.5, 0.6) is 0 Å². The summed E-state index contributed by atoms with van der Waals surface area (Å²) in [7, 11) is 0.643. The van der Waals surface area contributed by atoms with E-state index < -0.39 is 26.1 Å². The first-order valence-electron chi connectivity index (χ1n) is 3.63. The van der Waals surface area contributed by atoms with Gasteiger partial charge in [-0.1, -0.05) is 11.6 Å². The molecule has 0 aliphatic carbocycles. The summed E-state index contributed by atoms with van der Waals surface area (Å²) in [5.41, 5.74) is -0.682. The van der Waals surface area contributed by atoms with Gasteiger partial charge in [-0.25, -0.2) is 22.2 Å². The van der Waals surface area contributed by atoms with Crippen molar-refractivity contribution in [2.24, 2.45) is 0 Å². The number of rotatable bonds is 2. The molecule has 0 bridgehead atoms. The van der Waals surface area contributed by atoms with E-state index in [0.29, 0.717) is 0 Å². The molecule has 0 fully saturated rings. The molecular formula is C7H5Cl2F2NO2S. The van der Waals surface area contributed by atoms with Gasteiger partial charge in [-0.05, 0) is 18.6 Å². The van der Waals surface area contributed by atoms with Gasteiger partial charge < -0.3 is 0 Å². The third-order valence-electron chi connectivity index (χ3n) is 1.65. The van der Waals surface area contributed by atoms with Crippen LogP contribution in [0.2, 0.25) is 5.15 Å². The van der Waals surface area contributed by atoms with Gasteiger partial charge >= 0.3 is 0 Å². The number of aryl methyl sites for hydroxylation is 1. The Bertz CT molecular complexity index is 490. The first-order valence-corrected chi connectivity index (χ1v) is 6.32. The molecule has 0 aromatic carbocycles. The Morgan fingerprint density at radius 1 is 1.47 bits per heavy atom. The Labute approximate surface area is 94.4 Å². The first-order chi connectivity index (χ1) is 6.73. The highest BCUT2D eigenvalue weighted by atomic mass is 35.7. The monoisotopic (exact) mass is 275 g/mol. The molecule has 0 aliphatic heterocycles. The molecule has 3 nitrogen and oxygen atoms in total.